The van der Waals surface area contributed by atoms with Crippen LogP contribution in [0.25, 0.3) is 0 Å². The number of nitrogens with one attached hydrogen (secondary N) is 1. The molecule has 0 unspecified atom stereocenters. The summed E-state index contributed by atoms with van der Waals surface area (Å²) in [5, 5.41) is 3.03. The number of hydrogen-bond donors (Lipinski definition) is 1. The van der Waals surface area contributed by atoms with Crippen molar-refractivity contribution in [1.82, 2.24) is 15.1 Å². The molecule has 2 fully saturated rings. The maximum Gasteiger partial charge on any atom is 0.234 e. The summed E-state index contributed by atoms with van der Waals surface area (Å²) < 4.78 is 0. The number of nitrogens with zero attached hydrogens (tertiary/aromatic N) is 2. The highest BCUT2D eigenvalue weighted by Crippen LogP contribution is 2.20. The van der Waals surface area contributed by atoms with Crippen LogP contribution in [0, 0.1) is 0 Å². The van der Waals surface area contributed by atoms with E-state index in [1.54, 1.807) is 0 Å². The first-order chi connectivity index (χ1) is 11.3. The smallest absolute Gasteiger partial charge is 0.234 e. The zero-order valence-electron chi connectivity index (χ0n) is 14.0. The van der Waals surface area contributed by atoms with Crippen LogP contribution in [0.5, 0.6) is 0 Å². The average Bonchev–Trinajstić information content (AvgIpc) is 2.62. The van der Waals surface area contributed by atoms with E-state index in [0.29, 0.717) is 13.1 Å². The van der Waals surface area contributed by atoms with Gasteiger partial charge in [-0.3, -0.25) is 9.69 Å². The zero-order chi connectivity index (χ0) is 15.9. The summed E-state index contributed by atoms with van der Waals surface area (Å²) in [4.78, 5) is 17.1. The fraction of sp³-hybridized carbons (Fsp3) is 0.632. The Hall–Kier alpha value is -1.39. The summed E-state index contributed by atoms with van der Waals surface area (Å²) in [5.74, 6) is 0.144. The van der Waals surface area contributed by atoms with E-state index in [1.165, 1.54) is 45.2 Å². The minimum Gasteiger partial charge on any atom is -0.351 e. The van der Waals surface area contributed by atoms with Gasteiger partial charge >= 0.3 is 0 Å². The first-order valence-corrected chi connectivity index (χ1v) is 9.08. The molecular formula is C19H29N3O. The molecule has 4 nitrogen and oxygen atoms in total. The molecule has 0 spiro atoms. The second-order valence-corrected chi connectivity index (χ2v) is 6.87. The number of amides is 1. The maximum absolute atomic E-state index is 12.1. The lowest BCUT2D eigenvalue weighted by Crippen LogP contribution is -2.48. The Morgan fingerprint density at radius 2 is 1.70 bits per heavy atom. The van der Waals surface area contributed by atoms with Crippen molar-refractivity contribution in [3.05, 3.63) is 35.9 Å². The van der Waals surface area contributed by atoms with Crippen molar-refractivity contribution in [2.24, 2.45) is 0 Å². The van der Waals surface area contributed by atoms with Gasteiger partial charge in [0.2, 0.25) is 5.91 Å². The van der Waals surface area contributed by atoms with Crippen LogP contribution in [-0.2, 0) is 11.3 Å². The highest BCUT2D eigenvalue weighted by Gasteiger charge is 2.26. The van der Waals surface area contributed by atoms with E-state index in [2.05, 4.69) is 15.1 Å². The number of carbonyl (C=O) groups is 1. The molecule has 1 amide bonds. The third-order valence-electron chi connectivity index (χ3n) is 5.16. The molecule has 0 radical (unpaired) electrons. The monoisotopic (exact) mass is 315 g/mol. The molecule has 0 aromatic heterocycles. The number of hydrogen-bond acceptors (Lipinski definition) is 3. The first-order valence-electron chi connectivity index (χ1n) is 9.08. The summed E-state index contributed by atoms with van der Waals surface area (Å²) in [6.07, 6.45) is 6.55. The molecule has 2 aliphatic heterocycles. The van der Waals surface area contributed by atoms with Crippen LogP contribution in [-0.4, -0.2) is 54.5 Å². The number of benzene rings is 1. The molecule has 2 saturated heterocycles. The lowest BCUT2D eigenvalue weighted by atomic mass is 10.00. The van der Waals surface area contributed by atoms with Gasteiger partial charge in [-0.2, -0.15) is 0 Å². The second-order valence-electron chi connectivity index (χ2n) is 6.87. The van der Waals surface area contributed by atoms with Crippen molar-refractivity contribution in [2.75, 3.05) is 32.7 Å². The average molecular weight is 315 g/mol. The zero-order valence-corrected chi connectivity index (χ0v) is 14.0. The number of likely N-dealkylation sites (tertiary alicyclic amines) is 2. The molecule has 0 aliphatic carbocycles. The van der Waals surface area contributed by atoms with Gasteiger partial charge in [0, 0.05) is 25.7 Å². The Bertz CT molecular complexity index is 477. The van der Waals surface area contributed by atoms with Crippen molar-refractivity contribution < 1.29 is 4.79 Å². The van der Waals surface area contributed by atoms with Gasteiger partial charge in [-0.15, -0.1) is 0 Å². The molecule has 4 heteroatoms. The molecule has 23 heavy (non-hydrogen) atoms. The summed E-state index contributed by atoms with van der Waals surface area (Å²) in [7, 11) is 0. The summed E-state index contributed by atoms with van der Waals surface area (Å²) in [5.41, 5.74) is 1.16. The second kappa shape index (κ2) is 8.46. The highest BCUT2D eigenvalue weighted by molar-refractivity contribution is 5.78. The largest absolute Gasteiger partial charge is 0.351 e. The predicted molar refractivity (Wildman–Crippen MR) is 93.2 cm³/mol. The van der Waals surface area contributed by atoms with Gasteiger partial charge in [-0.25, -0.2) is 0 Å². The van der Waals surface area contributed by atoms with E-state index in [4.69, 9.17) is 0 Å². The van der Waals surface area contributed by atoms with Crippen LogP contribution in [0.2, 0.25) is 0 Å². The minimum absolute atomic E-state index is 0.144. The number of rotatable bonds is 5. The van der Waals surface area contributed by atoms with Gasteiger partial charge in [0.15, 0.2) is 0 Å². The Labute approximate surface area is 139 Å². The molecule has 2 aliphatic rings. The maximum atomic E-state index is 12.1. The minimum atomic E-state index is 0.144. The Morgan fingerprint density at radius 1 is 1.00 bits per heavy atom. The van der Waals surface area contributed by atoms with Gasteiger partial charge in [0.25, 0.3) is 0 Å². The van der Waals surface area contributed by atoms with Crippen molar-refractivity contribution in [1.29, 1.82) is 0 Å². The molecule has 1 aromatic carbocycles. The van der Waals surface area contributed by atoms with Gasteiger partial charge in [0.1, 0.15) is 0 Å². The molecule has 1 N–H and O–H groups in total. The van der Waals surface area contributed by atoms with Gasteiger partial charge in [0.05, 0.1) is 6.54 Å². The van der Waals surface area contributed by atoms with Crippen molar-refractivity contribution >= 4 is 5.91 Å². The normalized spacial score (nSPS) is 21.2. The molecule has 3 rings (SSSR count). The van der Waals surface area contributed by atoms with E-state index in [9.17, 15) is 4.79 Å². The molecule has 126 valence electrons. The van der Waals surface area contributed by atoms with E-state index in [1.807, 2.05) is 30.3 Å². The molecule has 0 atom stereocenters. The number of piperidine rings is 2. The van der Waals surface area contributed by atoms with Gasteiger partial charge in [-0.05, 0) is 44.3 Å². The van der Waals surface area contributed by atoms with Crippen molar-refractivity contribution in [3.63, 3.8) is 0 Å². The Kier molecular flexibility index (Phi) is 6.06. The summed E-state index contributed by atoms with van der Waals surface area (Å²) >= 11 is 0. The predicted octanol–water partition coefficient (Wildman–Crippen LogP) is 2.25. The molecule has 0 bridgehead atoms. The molecule has 1 aromatic rings. The van der Waals surface area contributed by atoms with E-state index in [0.717, 1.165) is 24.7 Å². The topological polar surface area (TPSA) is 35.6 Å². The van der Waals surface area contributed by atoms with Crippen molar-refractivity contribution in [3.8, 4) is 0 Å². The fourth-order valence-corrected chi connectivity index (χ4v) is 3.78. The van der Waals surface area contributed by atoms with E-state index in [-0.39, 0.29) is 5.91 Å². The Morgan fingerprint density at radius 3 is 2.39 bits per heavy atom. The standard InChI is InChI=1S/C19H29N3O/c23-19(20-15-17-7-3-1-4-8-17)16-21-13-9-18(10-14-21)22-11-5-2-6-12-22/h1,3-4,7-8,18H,2,5-6,9-16H2,(H,20,23). The highest BCUT2D eigenvalue weighted by atomic mass is 16.2. The molecular weight excluding hydrogens is 286 g/mol. The summed E-state index contributed by atoms with van der Waals surface area (Å²) in [6.45, 7) is 5.84. The van der Waals surface area contributed by atoms with Crippen LogP contribution < -0.4 is 5.32 Å². The van der Waals surface area contributed by atoms with Crippen LogP contribution in [0.15, 0.2) is 30.3 Å². The van der Waals surface area contributed by atoms with E-state index >= 15 is 0 Å². The lowest BCUT2D eigenvalue weighted by Gasteiger charge is -2.40. The lowest BCUT2D eigenvalue weighted by molar-refractivity contribution is -0.122. The molecule has 0 saturated carbocycles. The first kappa shape index (κ1) is 16.5. The third kappa shape index (κ3) is 5.05. The van der Waals surface area contributed by atoms with E-state index < -0.39 is 0 Å². The van der Waals surface area contributed by atoms with Crippen molar-refractivity contribution in [2.45, 2.75) is 44.7 Å². The third-order valence-corrected chi connectivity index (χ3v) is 5.16. The quantitative estimate of drug-likeness (QED) is 0.905. The van der Waals surface area contributed by atoms with Crippen LogP contribution >= 0.6 is 0 Å². The molecule has 2 heterocycles. The number of carbonyl (C=O) groups excluding carboxylic acids is 1. The van der Waals surface area contributed by atoms with Crippen LogP contribution in [0.3, 0.4) is 0 Å². The van der Waals surface area contributed by atoms with Gasteiger partial charge < -0.3 is 10.2 Å². The summed E-state index contributed by atoms with van der Waals surface area (Å²) in [6, 6.07) is 10.9. The Balaban J connectivity index is 1.35. The fourth-order valence-electron chi connectivity index (χ4n) is 3.78. The van der Waals surface area contributed by atoms with Crippen LogP contribution in [0.4, 0.5) is 0 Å². The van der Waals surface area contributed by atoms with Gasteiger partial charge in [-0.1, -0.05) is 36.8 Å². The van der Waals surface area contributed by atoms with Crippen LogP contribution in [0.1, 0.15) is 37.7 Å². The SMILES string of the molecule is O=C(CN1CCC(N2CCCCC2)CC1)NCc1ccccc1.